The average Bonchev–Trinajstić information content (AvgIpc) is 3.62. The molecule has 2 aromatic heterocycles. The summed E-state index contributed by atoms with van der Waals surface area (Å²) in [5.41, 5.74) is 4.72. The first kappa shape index (κ1) is 24.6. The van der Waals surface area contributed by atoms with Gasteiger partial charge in [0, 0.05) is 30.1 Å². The third-order valence-electron chi connectivity index (χ3n) is 6.92. The van der Waals surface area contributed by atoms with Crippen LogP contribution in [-0.2, 0) is 6.54 Å². The Kier molecular flexibility index (Phi) is 6.98. The highest BCUT2D eigenvalue weighted by molar-refractivity contribution is 5.80. The molecule has 1 aliphatic rings. The lowest BCUT2D eigenvalue weighted by molar-refractivity contribution is -0.0982. The van der Waals surface area contributed by atoms with Crippen molar-refractivity contribution in [2.45, 2.75) is 45.2 Å². The number of nitrogens with one attached hydrogen (secondary N) is 1. The second-order valence-corrected chi connectivity index (χ2v) is 9.51. The molecule has 0 fully saturated rings. The normalized spacial score (nSPS) is 17.6. The maximum Gasteiger partial charge on any atom is 0.180 e. The zero-order chi connectivity index (χ0) is 25.8. The number of rotatable bonds is 9. The number of hydrogen-bond acceptors (Lipinski definition) is 7. The van der Waals surface area contributed by atoms with E-state index in [-0.39, 0.29) is 6.61 Å². The van der Waals surface area contributed by atoms with Crippen LogP contribution >= 0.6 is 0 Å². The number of nitrogens with zero attached hydrogens (tertiary/aromatic N) is 6. The van der Waals surface area contributed by atoms with Crippen molar-refractivity contribution >= 4 is 5.70 Å². The number of unbranched alkanes of at least 4 members (excludes halogenated alkanes) is 1. The van der Waals surface area contributed by atoms with Crippen molar-refractivity contribution in [2.24, 2.45) is 0 Å². The molecule has 37 heavy (non-hydrogen) atoms. The molecule has 3 N–H and O–H groups in total. The van der Waals surface area contributed by atoms with E-state index < -0.39 is 5.54 Å². The van der Waals surface area contributed by atoms with E-state index in [0.29, 0.717) is 29.5 Å². The number of tetrazole rings is 1. The summed E-state index contributed by atoms with van der Waals surface area (Å²) in [6.07, 6.45) is 10.3. The Morgan fingerprint density at radius 1 is 1.05 bits per heavy atom. The van der Waals surface area contributed by atoms with Crippen LogP contribution in [0.3, 0.4) is 0 Å². The lowest BCUT2D eigenvalue weighted by atomic mass is 9.89. The molecular weight excluding hydrogens is 466 g/mol. The Morgan fingerprint density at radius 3 is 2.54 bits per heavy atom. The topological polar surface area (TPSA) is 116 Å². The van der Waals surface area contributed by atoms with Gasteiger partial charge in [0.05, 0.1) is 12.1 Å². The highest BCUT2D eigenvalue weighted by Crippen LogP contribution is 2.36. The second-order valence-electron chi connectivity index (χ2n) is 9.51. The molecule has 1 unspecified atom stereocenters. The number of hydrogen-bond donors (Lipinski definition) is 3. The van der Waals surface area contributed by atoms with E-state index in [1.165, 1.54) is 5.06 Å². The molecule has 9 nitrogen and oxygen atoms in total. The molecule has 1 atom stereocenters. The fourth-order valence-corrected chi connectivity index (χ4v) is 4.77. The summed E-state index contributed by atoms with van der Waals surface area (Å²) in [5.74, 6) is 1.24. The zero-order valence-corrected chi connectivity index (χ0v) is 21.0. The number of aromatic amines is 1. The molecule has 190 valence electrons. The highest BCUT2D eigenvalue weighted by Gasteiger charge is 2.36. The molecule has 0 spiro atoms. The first-order valence-electron chi connectivity index (χ1n) is 12.5. The van der Waals surface area contributed by atoms with Gasteiger partial charge in [0.1, 0.15) is 5.70 Å². The summed E-state index contributed by atoms with van der Waals surface area (Å²) in [5, 5.41) is 36.9. The maximum absolute atomic E-state index is 11.3. The van der Waals surface area contributed by atoms with Gasteiger partial charge in [-0.15, -0.1) is 5.10 Å². The number of aromatic nitrogens is 6. The summed E-state index contributed by atoms with van der Waals surface area (Å²) < 4.78 is 2.00. The van der Waals surface area contributed by atoms with Crippen molar-refractivity contribution in [3.05, 3.63) is 90.0 Å². The van der Waals surface area contributed by atoms with Crippen molar-refractivity contribution in [2.75, 3.05) is 6.61 Å². The summed E-state index contributed by atoms with van der Waals surface area (Å²) in [4.78, 5) is 4.57. The van der Waals surface area contributed by atoms with Crippen LogP contribution < -0.4 is 0 Å². The molecule has 2 aromatic carbocycles. The van der Waals surface area contributed by atoms with E-state index in [0.717, 1.165) is 41.5 Å². The Balaban J connectivity index is 1.42. The second kappa shape index (κ2) is 10.5. The third-order valence-corrected chi connectivity index (χ3v) is 6.92. The van der Waals surface area contributed by atoms with Gasteiger partial charge in [-0.2, -0.15) is 0 Å². The molecule has 1 aliphatic heterocycles. The van der Waals surface area contributed by atoms with E-state index in [4.69, 9.17) is 0 Å². The van der Waals surface area contributed by atoms with Gasteiger partial charge in [0.2, 0.25) is 0 Å². The zero-order valence-electron chi connectivity index (χ0n) is 21.0. The largest absolute Gasteiger partial charge is 0.392 e. The molecule has 0 saturated heterocycles. The number of aliphatic hydroxyl groups is 1. The number of imidazole rings is 1. The molecule has 0 bridgehead atoms. The van der Waals surface area contributed by atoms with Crippen LogP contribution in [0.25, 0.3) is 28.2 Å². The van der Waals surface area contributed by atoms with E-state index in [1.807, 2.05) is 54.1 Å². The number of aliphatic hydroxyl groups excluding tert-OH is 1. The molecule has 5 rings (SSSR count). The van der Waals surface area contributed by atoms with Crippen molar-refractivity contribution in [1.82, 2.24) is 35.2 Å². The summed E-state index contributed by atoms with van der Waals surface area (Å²) in [6.45, 7) is 4.52. The van der Waals surface area contributed by atoms with Crippen LogP contribution in [0.1, 0.15) is 44.5 Å². The van der Waals surface area contributed by atoms with E-state index >= 15 is 0 Å². The quantitative estimate of drug-likeness (QED) is 0.307. The van der Waals surface area contributed by atoms with Crippen LogP contribution in [0, 0.1) is 0 Å². The van der Waals surface area contributed by atoms with Crippen LogP contribution in [0.15, 0.2) is 78.6 Å². The van der Waals surface area contributed by atoms with Gasteiger partial charge >= 0.3 is 0 Å². The molecule has 0 saturated carbocycles. The minimum Gasteiger partial charge on any atom is -0.392 e. The minimum atomic E-state index is -0.561. The predicted molar refractivity (Wildman–Crippen MR) is 141 cm³/mol. The Morgan fingerprint density at radius 2 is 1.84 bits per heavy atom. The van der Waals surface area contributed by atoms with Crippen LogP contribution in [0.4, 0.5) is 0 Å². The maximum atomic E-state index is 11.3. The van der Waals surface area contributed by atoms with Gasteiger partial charge in [-0.05, 0) is 40.5 Å². The lowest BCUT2D eigenvalue weighted by Gasteiger charge is -2.40. The standard InChI is InChI=1S/C28H31N7O2/c1-3-4-14-28(2)15-13-22(19-36)25(35(28)37)27-29-16-17-34(27)18-20-9-11-21(12-10-20)23-7-5-6-8-24(23)26-30-32-33-31-26/h5-13,15-17,36-37H,3-4,14,18-19H2,1-2H3,(H,30,31,32,33). The first-order valence-corrected chi connectivity index (χ1v) is 12.5. The Hall–Kier alpha value is -4.08. The van der Waals surface area contributed by atoms with Gasteiger partial charge in [0.15, 0.2) is 11.6 Å². The van der Waals surface area contributed by atoms with Crippen LogP contribution in [-0.4, -0.2) is 57.7 Å². The summed E-state index contributed by atoms with van der Waals surface area (Å²) >= 11 is 0. The van der Waals surface area contributed by atoms with E-state index in [2.05, 4.69) is 56.8 Å². The molecule has 0 radical (unpaired) electrons. The predicted octanol–water partition coefficient (Wildman–Crippen LogP) is 4.69. The van der Waals surface area contributed by atoms with Gasteiger partial charge in [-0.1, -0.05) is 80.4 Å². The van der Waals surface area contributed by atoms with Crippen molar-refractivity contribution in [3.8, 4) is 22.5 Å². The molecule has 0 aliphatic carbocycles. The van der Waals surface area contributed by atoms with Gasteiger partial charge in [-0.25, -0.2) is 15.1 Å². The van der Waals surface area contributed by atoms with E-state index in [9.17, 15) is 10.3 Å². The molecule has 3 heterocycles. The minimum absolute atomic E-state index is 0.186. The molecule has 4 aromatic rings. The molecule has 9 heteroatoms. The highest BCUT2D eigenvalue weighted by atomic mass is 16.5. The summed E-state index contributed by atoms with van der Waals surface area (Å²) in [7, 11) is 0. The first-order chi connectivity index (χ1) is 18.0. The van der Waals surface area contributed by atoms with Gasteiger partial charge in [0.25, 0.3) is 0 Å². The number of benzene rings is 2. The lowest BCUT2D eigenvalue weighted by Crippen LogP contribution is -2.44. The smallest absolute Gasteiger partial charge is 0.180 e. The van der Waals surface area contributed by atoms with E-state index in [1.54, 1.807) is 6.20 Å². The Bertz CT molecular complexity index is 1410. The van der Waals surface area contributed by atoms with Crippen molar-refractivity contribution in [1.29, 1.82) is 0 Å². The number of hydroxylamine groups is 2. The van der Waals surface area contributed by atoms with Gasteiger partial charge < -0.3 is 9.67 Å². The van der Waals surface area contributed by atoms with Gasteiger partial charge in [-0.3, -0.25) is 5.21 Å². The fraction of sp³-hybridized carbons (Fsp3) is 0.286. The average molecular weight is 498 g/mol. The van der Waals surface area contributed by atoms with Crippen LogP contribution in [0.2, 0.25) is 0 Å². The monoisotopic (exact) mass is 497 g/mol. The fourth-order valence-electron chi connectivity index (χ4n) is 4.77. The molecular formula is C28H31N7O2. The molecule has 0 amide bonds. The summed E-state index contributed by atoms with van der Waals surface area (Å²) in [6, 6.07) is 16.3. The number of H-pyrrole nitrogens is 1. The van der Waals surface area contributed by atoms with Crippen molar-refractivity contribution < 1.29 is 10.3 Å². The Labute approximate surface area is 215 Å². The van der Waals surface area contributed by atoms with Crippen molar-refractivity contribution in [3.63, 3.8) is 0 Å². The van der Waals surface area contributed by atoms with Crippen LogP contribution in [0.5, 0.6) is 0 Å². The third kappa shape index (κ3) is 4.83. The SMILES string of the molecule is CCCCC1(C)C=CC(CO)=C(c2nccn2Cc2ccc(-c3ccccc3-c3nnn[nH]3)cc2)N1O.